The maximum Gasteiger partial charge on any atom is 0.336 e. The second-order valence-electron chi connectivity index (χ2n) is 3.17. The van der Waals surface area contributed by atoms with Crippen molar-refractivity contribution in [1.29, 1.82) is 0 Å². The molecule has 1 unspecified atom stereocenters. The molecule has 4 nitrogen and oxygen atoms in total. The fraction of sp³-hybridized carbons (Fsp3) is 0.364. The van der Waals surface area contributed by atoms with Crippen LogP contribution in [0.4, 0.5) is 0 Å². The van der Waals surface area contributed by atoms with E-state index >= 15 is 0 Å². The number of ether oxygens (including phenoxy) is 2. The topological polar surface area (TPSA) is 55.8 Å². The first-order valence-electron chi connectivity index (χ1n) is 4.96. The molecule has 0 spiro atoms. The highest BCUT2D eigenvalue weighted by Crippen LogP contribution is 2.28. The number of halogens is 2. The molecule has 0 bridgehead atoms. The van der Waals surface area contributed by atoms with Gasteiger partial charge in [0.25, 0.3) is 0 Å². The van der Waals surface area contributed by atoms with E-state index in [1.54, 1.807) is 25.1 Å². The van der Waals surface area contributed by atoms with E-state index in [1.165, 1.54) is 0 Å². The first kappa shape index (κ1) is 14.3. The van der Waals surface area contributed by atoms with E-state index in [2.05, 4.69) is 15.9 Å². The van der Waals surface area contributed by atoms with Crippen molar-refractivity contribution < 1.29 is 19.4 Å². The van der Waals surface area contributed by atoms with Gasteiger partial charge in [0, 0.05) is 11.6 Å². The summed E-state index contributed by atoms with van der Waals surface area (Å²) in [6.07, 6.45) is -0.970. The molecule has 0 fully saturated rings. The molecule has 0 saturated carbocycles. The number of aliphatic carboxylic acids is 1. The van der Waals surface area contributed by atoms with E-state index < -0.39 is 12.1 Å². The second-order valence-corrected chi connectivity index (χ2v) is 4.46. The molecule has 0 heterocycles. The van der Waals surface area contributed by atoms with E-state index in [0.29, 0.717) is 21.9 Å². The molecule has 6 heteroatoms. The number of carboxylic acid groups (broad SMARTS) is 1. The highest BCUT2D eigenvalue weighted by Gasteiger charge is 2.18. The highest BCUT2D eigenvalue weighted by atomic mass is 79.9. The molecule has 0 amide bonds. The summed E-state index contributed by atoms with van der Waals surface area (Å²) in [5.74, 6) is -0.516. The molecule has 0 aromatic heterocycles. The molecule has 1 aromatic carbocycles. The Bertz CT molecular complexity index is 397. The number of rotatable bonds is 6. The highest BCUT2D eigenvalue weighted by molar-refractivity contribution is 9.10. The van der Waals surface area contributed by atoms with Crippen LogP contribution in [0.25, 0.3) is 0 Å². The number of carboxylic acids is 1. The lowest BCUT2D eigenvalue weighted by atomic mass is 10.3. The predicted octanol–water partition coefficient (Wildman–Crippen LogP) is 2.97. The van der Waals surface area contributed by atoms with Crippen molar-refractivity contribution >= 4 is 33.5 Å². The Labute approximate surface area is 113 Å². The summed E-state index contributed by atoms with van der Waals surface area (Å²) in [5, 5.41) is 9.43. The Hall–Kier alpha value is -0.780. The SMILES string of the molecule is CCOC(COc1ccc(Cl)cc1Br)C(=O)O. The van der Waals surface area contributed by atoms with Gasteiger partial charge in [-0.15, -0.1) is 0 Å². The fourth-order valence-corrected chi connectivity index (χ4v) is 1.95. The third kappa shape index (κ3) is 4.53. The van der Waals surface area contributed by atoms with Gasteiger partial charge in [-0.1, -0.05) is 11.6 Å². The normalized spacial score (nSPS) is 12.2. The maximum atomic E-state index is 10.8. The summed E-state index contributed by atoms with van der Waals surface area (Å²) >= 11 is 9.05. The molecule has 1 rings (SSSR count). The molecule has 0 aliphatic carbocycles. The molecule has 0 aliphatic heterocycles. The van der Waals surface area contributed by atoms with E-state index in [1.807, 2.05) is 0 Å². The monoisotopic (exact) mass is 322 g/mol. The van der Waals surface area contributed by atoms with Crippen molar-refractivity contribution in [2.45, 2.75) is 13.0 Å². The smallest absolute Gasteiger partial charge is 0.336 e. The van der Waals surface area contributed by atoms with Crippen molar-refractivity contribution in [3.05, 3.63) is 27.7 Å². The lowest BCUT2D eigenvalue weighted by Gasteiger charge is -2.14. The lowest BCUT2D eigenvalue weighted by molar-refractivity contribution is -0.152. The van der Waals surface area contributed by atoms with Crippen LogP contribution in [0.2, 0.25) is 5.02 Å². The van der Waals surface area contributed by atoms with Gasteiger partial charge in [-0.25, -0.2) is 4.79 Å². The number of hydrogen-bond acceptors (Lipinski definition) is 3. The van der Waals surface area contributed by atoms with Crippen LogP contribution in [0.1, 0.15) is 6.92 Å². The first-order chi connectivity index (χ1) is 8.04. The molecular formula is C11H12BrClO4. The van der Waals surface area contributed by atoms with Crippen molar-refractivity contribution in [3.63, 3.8) is 0 Å². The Balaban J connectivity index is 2.62. The van der Waals surface area contributed by atoms with Gasteiger partial charge in [0.15, 0.2) is 6.10 Å². The third-order valence-electron chi connectivity index (χ3n) is 1.93. The van der Waals surface area contributed by atoms with Crippen molar-refractivity contribution in [2.24, 2.45) is 0 Å². The van der Waals surface area contributed by atoms with Crippen LogP contribution < -0.4 is 4.74 Å². The van der Waals surface area contributed by atoms with Gasteiger partial charge in [-0.05, 0) is 41.1 Å². The van der Waals surface area contributed by atoms with Crippen LogP contribution in [0.3, 0.4) is 0 Å². The molecule has 1 N–H and O–H groups in total. The minimum Gasteiger partial charge on any atom is -0.489 e. The van der Waals surface area contributed by atoms with Gasteiger partial charge in [0.05, 0.1) is 4.47 Å². The third-order valence-corrected chi connectivity index (χ3v) is 2.78. The van der Waals surface area contributed by atoms with Crippen molar-refractivity contribution in [1.82, 2.24) is 0 Å². The average Bonchev–Trinajstić information content (AvgIpc) is 2.25. The van der Waals surface area contributed by atoms with Crippen LogP contribution in [-0.2, 0) is 9.53 Å². The van der Waals surface area contributed by atoms with Gasteiger partial charge < -0.3 is 14.6 Å². The van der Waals surface area contributed by atoms with Crippen LogP contribution in [0.5, 0.6) is 5.75 Å². The largest absolute Gasteiger partial charge is 0.489 e. The predicted molar refractivity (Wildman–Crippen MR) is 67.7 cm³/mol. The zero-order valence-corrected chi connectivity index (χ0v) is 11.5. The first-order valence-corrected chi connectivity index (χ1v) is 6.14. The van der Waals surface area contributed by atoms with Gasteiger partial charge in [-0.3, -0.25) is 0 Å². The molecule has 0 saturated heterocycles. The van der Waals surface area contributed by atoms with Gasteiger partial charge in [-0.2, -0.15) is 0 Å². The van der Waals surface area contributed by atoms with Gasteiger partial charge in [0.1, 0.15) is 12.4 Å². The molecule has 1 atom stereocenters. The van der Waals surface area contributed by atoms with Gasteiger partial charge in [0.2, 0.25) is 0 Å². The quantitative estimate of drug-likeness (QED) is 0.874. The average molecular weight is 324 g/mol. The summed E-state index contributed by atoms with van der Waals surface area (Å²) in [6, 6.07) is 5.00. The van der Waals surface area contributed by atoms with Crippen LogP contribution in [0, 0.1) is 0 Å². The second kappa shape index (κ2) is 6.83. The Kier molecular flexibility index (Phi) is 5.74. The molecule has 94 valence electrons. The minimum absolute atomic E-state index is 0.0522. The van der Waals surface area contributed by atoms with Crippen molar-refractivity contribution in [3.8, 4) is 5.75 Å². The number of carbonyl (C=O) groups is 1. The van der Waals surface area contributed by atoms with Gasteiger partial charge >= 0.3 is 5.97 Å². The Morgan fingerprint density at radius 2 is 2.29 bits per heavy atom. The molecule has 1 aromatic rings. The Morgan fingerprint density at radius 3 is 2.82 bits per heavy atom. The molecule has 0 radical (unpaired) electrons. The lowest BCUT2D eigenvalue weighted by Crippen LogP contribution is -2.30. The van der Waals surface area contributed by atoms with E-state index in [-0.39, 0.29) is 6.61 Å². The summed E-state index contributed by atoms with van der Waals surface area (Å²) in [6.45, 7) is 2.00. The maximum absolute atomic E-state index is 10.8. The Morgan fingerprint density at radius 1 is 1.59 bits per heavy atom. The van der Waals surface area contributed by atoms with E-state index in [0.717, 1.165) is 0 Å². The van der Waals surface area contributed by atoms with E-state index in [9.17, 15) is 4.79 Å². The number of benzene rings is 1. The van der Waals surface area contributed by atoms with Crippen LogP contribution in [-0.4, -0.2) is 30.4 Å². The summed E-state index contributed by atoms with van der Waals surface area (Å²) < 4.78 is 11.1. The summed E-state index contributed by atoms with van der Waals surface area (Å²) in [4.78, 5) is 10.8. The summed E-state index contributed by atoms with van der Waals surface area (Å²) in [5.41, 5.74) is 0. The fourth-order valence-electron chi connectivity index (χ4n) is 1.15. The molecular weight excluding hydrogens is 311 g/mol. The zero-order chi connectivity index (χ0) is 12.8. The van der Waals surface area contributed by atoms with Crippen LogP contribution in [0.15, 0.2) is 22.7 Å². The molecule has 0 aliphatic rings. The van der Waals surface area contributed by atoms with Crippen LogP contribution >= 0.6 is 27.5 Å². The zero-order valence-electron chi connectivity index (χ0n) is 9.15. The number of hydrogen-bond donors (Lipinski definition) is 1. The summed E-state index contributed by atoms with van der Waals surface area (Å²) in [7, 11) is 0. The molecule has 17 heavy (non-hydrogen) atoms. The van der Waals surface area contributed by atoms with E-state index in [4.69, 9.17) is 26.2 Å². The minimum atomic E-state index is -1.04. The van der Waals surface area contributed by atoms with Crippen molar-refractivity contribution in [2.75, 3.05) is 13.2 Å². The standard InChI is InChI=1S/C11H12BrClO4/c1-2-16-10(11(14)15)6-17-9-4-3-7(13)5-8(9)12/h3-5,10H,2,6H2,1H3,(H,14,15).